The summed E-state index contributed by atoms with van der Waals surface area (Å²) in [5, 5.41) is 10.4. The quantitative estimate of drug-likeness (QED) is 0.380. The summed E-state index contributed by atoms with van der Waals surface area (Å²) in [6.45, 7) is 7.36. The molecule has 0 radical (unpaired) electrons. The minimum atomic E-state index is -0.300. The zero-order valence-corrected chi connectivity index (χ0v) is 22.9. The van der Waals surface area contributed by atoms with Crippen molar-refractivity contribution in [2.75, 3.05) is 68.9 Å². The van der Waals surface area contributed by atoms with Gasteiger partial charge in [0.15, 0.2) is 5.82 Å². The summed E-state index contributed by atoms with van der Waals surface area (Å²) in [4.78, 5) is 25.7. The number of methoxy groups -OCH3 is 1. The number of fused-ring (bicyclic) bond motifs is 1. The standard InChI is InChI=1S/C28H36N8O2/c1-8-27(37)30-21-17-22(25(38-7)18-24(21)34(5)16-15-33(3)4)31-28-29-14-13-26(32-28)36-23-12-10-9-11-20(23)19(2)35(36)6/h8-14,17-19H,1,15-16H2,2-7H3,(H,30,37)(H,29,31,32). The molecular weight excluding hydrogens is 480 g/mol. The molecule has 0 fully saturated rings. The second-order valence-electron chi connectivity index (χ2n) is 9.47. The molecule has 10 nitrogen and oxygen atoms in total. The number of rotatable bonds is 10. The van der Waals surface area contributed by atoms with Crippen molar-refractivity contribution in [2.45, 2.75) is 13.0 Å². The van der Waals surface area contributed by atoms with E-state index in [1.807, 2.05) is 52.5 Å². The summed E-state index contributed by atoms with van der Waals surface area (Å²) in [5.41, 5.74) is 4.39. The molecule has 0 saturated carbocycles. The lowest BCUT2D eigenvalue weighted by Crippen LogP contribution is -2.32. The van der Waals surface area contributed by atoms with E-state index in [4.69, 9.17) is 9.72 Å². The fourth-order valence-corrected chi connectivity index (χ4v) is 4.42. The van der Waals surface area contributed by atoms with Gasteiger partial charge in [-0.2, -0.15) is 4.98 Å². The maximum absolute atomic E-state index is 12.3. The Hall–Kier alpha value is -4.15. The van der Waals surface area contributed by atoms with E-state index in [2.05, 4.69) is 67.1 Å². The molecular formula is C28H36N8O2. The van der Waals surface area contributed by atoms with Crippen LogP contribution in [0.3, 0.4) is 0 Å². The Labute approximate surface area is 224 Å². The van der Waals surface area contributed by atoms with E-state index in [1.165, 1.54) is 11.6 Å². The number of hydrogen-bond acceptors (Lipinski definition) is 9. The molecule has 4 rings (SSSR count). The molecule has 1 atom stereocenters. The van der Waals surface area contributed by atoms with Gasteiger partial charge >= 0.3 is 0 Å². The Morgan fingerprint density at radius 3 is 2.63 bits per heavy atom. The Morgan fingerprint density at radius 2 is 1.92 bits per heavy atom. The summed E-state index contributed by atoms with van der Waals surface area (Å²) >= 11 is 0. The van der Waals surface area contributed by atoms with Gasteiger partial charge < -0.3 is 25.2 Å². The van der Waals surface area contributed by atoms with E-state index < -0.39 is 0 Å². The SMILES string of the molecule is C=CC(=O)Nc1cc(Nc2nccc(N3c4ccccc4C(C)N3C)n2)c(OC)cc1N(C)CCN(C)C. The summed E-state index contributed by atoms with van der Waals surface area (Å²) in [6, 6.07) is 14.1. The van der Waals surface area contributed by atoms with Gasteiger partial charge in [-0.3, -0.25) is 9.80 Å². The van der Waals surface area contributed by atoms with Gasteiger partial charge in [-0.05, 0) is 44.8 Å². The van der Waals surface area contributed by atoms with Crippen LogP contribution < -0.4 is 25.3 Å². The lowest BCUT2D eigenvalue weighted by Gasteiger charge is -2.28. The van der Waals surface area contributed by atoms with Gasteiger partial charge in [0.25, 0.3) is 0 Å². The Morgan fingerprint density at radius 1 is 1.16 bits per heavy atom. The van der Waals surface area contributed by atoms with Crippen LogP contribution >= 0.6 is 0 Å². The van der Waals surface area contributed by atoms with E-state index in [0.29, 0.717) is 23.1 Å². The first-order valence-electron chi connectivity index (χ1n) is 12.5. The zero-order chi connectivity index (χ0) is 27.4. The van der Waals surface area contributed by atoms with Crippen LogP contribution in [0.5, 0.6) is 5.75 Å². The molecule has 2 aromatic carbocycles. The van der Waals surface area contributed by atoms with E-state index in [0.717, 1.165) is 30.3 Å². The average Bonchev–Trinajstić information content (AvgIpc) is 3.17. The minimum absolute atomic E-state index is 0.214. The highest BCUT2D eigenvalue weighted by molar-refractivity contribution is 6.02. The number of aromatic nitrogens is 2. The van der Waals surface area contributed by atoms with Crippen molar-refractivity contribution in [3.8, 4) is 5.75 Å². The third-order valence-electron chi connectivity index (χ3n) is 6.65. The van der Waals surface area contributed by atoms with E-state index in [-0.39, 0.29) is 11.9 Å². The summed E-state index contributed by atoms with van der Waals surface area (Å²) in [5.74, 6) is 1.44. The predicted molar refractivity (Wildman–Crippen MR) is 154 cm³/mol. The van der Waals surface area contributed by atoms with Gasteiger partial charge in [-0.25, -0.2) is 9.99 Å². The highest BCUT2D eigenvalue weighted by Gasteiger charge is 2.32. The smallest absolute Gasteiger partial charge is 0.247 e. The minimum Gasteiger partial charge on any atom is -0.494 e. The number of para-hydroxylation sites is 1. The Bertz CT molecular complexity index is 1310. The van der Waals surface area contributed by atoms with Gasteiger partial charge in [0.2, 0.25) is 11.9 Å². The largest absolute Gasteiger partial charge is 0.494 e. The Kier molecular flexibility index (Phi) is 8.13. The molecule has 10 heteroatoms. The van der Waals surface area contributed by atoms with Gasteiger partial charge in [0.05, 0.1) is 35.9 Å². The zero-order valence-electron chi connectivity index (χ0n) is 22.9. The van der Waals surface area contributed by atoms with Crippen molar-refractivity contribution < 1.29 is 9.53 Å². The molecule has 38 heavy (non-hydrogen) atoms. The molecule has 1 aromatic heterocycles. The van der Waals surface area contributed by atoms with Crippen LogP contribution in [0, 0.1) is 0 Å². The molecule has 1 aliphatic heterocycles. The number of hydrogen-bond donors (Lipinski definition) is 2. The van der Waals surface area contributed by atoms with Crippen LogP contribution in [0.4, 0.5) is 34.5 Å². The fourth-order valence-electron chi connectivity index (χ4n) is 4.42. The number of benzene rings is 2. The Balaban J connectivity index is 1.68. The normalized spacial score (nSPS) is 14.8. The number of ether oxygens (including phenoxy) is 1. The molecule has 1 unspecified atom stereocenters. The predicted octanol–water partition coefficient (Wildman–Crippen LogP) is 4.41. The van der Waals surface area contributed by atoms with Crippen LogP contribution in [0.1, 0.15) is 18.5 Å². The first-order chi connectivity index (χ1) is 18.2. The number of amides is 1. The number of nitrogens with zero attached hydrogens (tertiary/aromatic N) is 6. The van der Waals surface area contributed by atoms with Crippen LogP contribution in [0.15, 0.2) is 61.3 Å². The highest BCUT2D eigenvalue weighted by Crippen LogP contribution is 2.43. The number of likely N-dealkylation sites (N-methyl/N-ethyl adjacent to an activating group) is 2. The van der Waals surface area contributed by atoms with Crippen molar-refractivity contribution in [1.29, 1.82) is 0 Å². The molecule has 200 valence electrons. The van der Waals surface area contributed by atoms with Gasteiger partial charge in [0.1, 0.15) is 5.75 Å². The molecule has 0 aliphatic carbocycles. The van der Waals surface area contributed by atoms with Crippen molar-refractivity contribution >= 4 is 40.4 Å². The van der Waals surface area contributed by atoms with Crippen molar-refractivity contribution in [3.05, 3.63) is 66.9 Å². The molecule has 1 amide bonds. The van der Waals surface area contributed by atoms with Gasteiger partial charge in [0, 0.05) is 45.5 Å². The number of nitrogens with one attached hydrogen (secondary N) is 2. The summed E-state index contributed by atoms with van der Waals surface area (Å²) in [7, 11) is 9.68. The lowest BCUT2D eigenvalue weighted by atomic mass is 10.1. The lowest BCUT2D eigenvalue weighted by molar-refractivity contribution is -0.111. The van der Waals surface area contributed by atoms with E-state index >= 15 is 0 Å². The van der Waals surface area contributed by atoms with Crippen LogP contribution in [-0.2, 0) is 4.79 Å². The monoisotopic (exact) mass is 516 g/mol. The molecule has 2 N–H and O–H groups in total. The molecule has 2 heterocycles. The first-order valence-corrected chi connectivity index (χ1v) is 12.5. The number of hydrazine groups is 1. The number of carbonyl (C=O) groups excluding carboxylic acids is 1. The first kappa shape index (κ1) is 26.9. The number of carbonyl (C=O) groups is 1. The maximum Gasteiger partial charge on any atom is 0.247 e. The van der Waals surface area contributed by atoms with Crippen molar-refractivity contribution in [2.24, 2.45) is 0 Å². The molecule has 0 bridgehead atoms. The topological polar surface area (TPSA) is 89.1 Å². The van der Waals surface area contributed by atoms with Crippen LogP contribution in [-0.4, -0.2) is 74.2 Å². The summed E-state index contributed by atoms with van der Waals surface area (Å²) in [6.07, 6.45) is 2.97. The number of anilines is 6. The van der Waals surface area contributed by atoms with Crippen LogP contribution in [0.25, 0.3) is 0 Å². The van der Waals surface area contributed by atoms with Crippen molar-refractivity contribution in [1.82, 2.24) is 19.9 Å². The van der Waals surface area contributed by atoms with Crippen molar-refractivity contribution in [3.63, 3.8) is 0 Å². The molecule has 0 saturated heterocycles. The molecule has 1 aliphatic rings. The maximum atomic E-state index is 12.3. The van der Waals surface area contributed by atoms with E-state index in [9.17, 15) is 4.79 Å². The van der Waals surface area contributed by atoms with E-state index in [1.54, 1.807) is 13.3 Å². The second-order valence-corrected chi connectivity index (χ2v) is 9.47. The second kappa shape index (κ2) is 11.5. The van der Waals surface area contributed by atoms with Gasteiger partial charge in [-0.15, -0.1) is 0 Å². The summed E-state index contributed by atoms with van der Waals surface area (Å²) < 4.78 is 5.72. The van der Waals surface area contributed by atoms with Gasteiger partial charge in [-0.1, -0.05) is 24.8 Å². The highest BCUT2D eigenvalue weighted by atomic mass is 16.5. The fraction of sp³-hybridized carbons (Fsp3) is 0.321. The molecule has 0 spiro atoms. The third-order valence-corrected chi connectivity index (χ3v) is 6.65. The van der Waals surface area contributed by atoms with Crippen LogP contribution in [0.2, 0.25) is 0 Å². The average molecular weight is 517 g/mol. The molecule has 3 aromatic rings. The third kappa shape index (κ3) is 5.56.